The van der Waals surface area contributed by atoms with Gasteiger partial charge in [0, 0.05) is 53.0 Å². The Bertz CT molecular complexity index is 3910. The van der Waals surface area contributed by atoms with Crippen LogP contribution in [-0.2, 0) is 0 Å². The molecule has 0 spiro atoms. The molecular formula is C57H34N4S. The number of fused-ring (bicyclic) bond motifs is 13. The van der Waals surface area contributed by atoms with Gasteiger partial charge in [0.15, 0.2) is 11.6 Å². The second-order valence-electron chi connectivity index (χ2n) is 15.9. The zero-order chi connectivity index (χ0) is 40.7. The Balaban J connectivity index is 1.15. The molecule has 62 heavy (non-hydrogen) atoms. The Morgan fingerprint density at radius 2 is 0.871 bits per heavy atom. The highest BCUT2D eigenvalue weighted by atomic mass is 32.1. The monoisotopic (exact) mass is 806 g/mol. The number of para-hydroxylation sites is 1. The fraction of sp³-hybridized carbons (Fsp3) is 0. The first-order chi connectivity index (χ1) is 30.7. The van der Waals surface area contributed by atoms with E-state index in [2.05, 4.69) is 187 Å². The highest BCUT2D eigenvalue weighted by molar-refractivity contribution is 7.26. The van der Waals surface area contributed by atoms with Gasteiger partial charge in [-0.1, -0.05) is 188 Å². The molecule has 0 aliphatic carbocycles. The van der Waals surface area contributed by atoms with Crippen molar-refractivity contribution in [3.8, 4) is 51.0 Å². The Morgan fingerprint density at radius 3 is 1.63 bits per heavy atom. The van der Waals surface area contributed by atoms with E-state index in [0.717, 1.165) is 49.6 Å². The lowest BCUT2D eigenvalue weighted by Crippen LogP contribution is -2.07. The van der Waals surface area contributed by atoms with Gasteiger partial charge in [0.1, 0.15) is 0 Å². The molecule has 0 fully saturated rings. The molecule has 0 unspecified atom stereocenters. The summed E-state index contributed by atoms with van der Waals surface area (Å²) in [6, 6.07) is 73.8. The molecule has 4 nitrogen and oxygen atoms in total. The summed E-state index contributed by atoms with van der Waals surface area (Å²) < 4.78 is 4.90. The quantitative estimate of drug-likeness (QED) is 0.163. The van der Waals surface area contributed by atoms with Crippen LogP contribution in [0.3, 0.4) is 0 Å². The van der Waals surface area contributed by atoms with Crippen molar-refractivity contribution in [3.05, 3.63) is 206 Å². The van der Waals surface area contributed by atoms with Crippen LogP contribution in [0.25, 0.3) is 125 Å². The van der Waals surface area contributed by atoms with Crippen molar-refractivity contribution in [1.82, 2.24) is 19.5 Å². The molecule has 0 atom stereocenters. The van der Waals surface area contributed by atoms with Gasteiger partial charge in [0.05, 0.1) is 11.0 Å². The number of rotatable bonds is 5. The minimum absolute atomic E-state index is 0.571. The highest BCUT2D eigenvalue weighted by Gasteiger charge is 2.24. The van der Waals surface area contributed by atoms with E-state index >= 15 is 0 Å². The topological polar surface area (TPSA) is 43.6 Å². The third-order valence-corrected chi connectivity index (χ3v) is 13.6. The minimum atomic E-state index is 0.571. The molecule has 3 heterocycles. The molecule has 10 aromatic carbocycles. The van der Waals surface area contributed by atoms with Gasteiger partial charge in [-0.3, -0.25) is 4.57 Å². The summed E-state index contributed by atoms with van der Waals surface area (Å²) >= 11 is 1.86. The fourth-order valence-corrected chi connectivity index (χ4v) is 10.7. The molecule has 13 aromatic rings. The van der Waals surface area contributed by atoms with Crippen LogP contribution in [0.1, 0.15) is 0 Å². The van der Waals surface area contributed by atoms with Gasteiger partial charge < -0.3 is 0 Å². The van der Waals surface area contributed by atoms with E-state index < -0.39 is 0 Å². The summed E-state index contributed by atoms with van der Waals surface area (Å²) in [5, 5.41) is 12.2. The van der Waals surface area contributed by atoms with Gasteiger partial charge in [-0.2, -0.15) is 9.97 Å². The van der Waals surface area contributed by atoms with Crippen LogP contribution in [0.15, 0.2) is 206 Å². The first-order valence-electron chi connectivity index (χ1n) is 20.9. The largest absolute Gasteiger partial charge is 0.277 e. The number of aromatic nitrogens is 4. The molecule has 0 aliphatic heterocycles. The van der Waals surface area contributed by atoms with Crippen LogP contribution in [0.4, 0.5) is 0 Å². The number of thiophene rings is 1. The smallest absolute Gasteiger partial charge is 0.238 e. The third kappa shape index (κ3) is 5.35. The Kier molecular flexibility index (Phi) is 7.74. The number of hydrogen-bond acceptors (Lipinski definition) is 4. The van der Waals surface area contributed by atoms with E-state index in [1.165, 1.54) is 58.1 Å². The second kappa shape index (κ2) is 13.8. The molecule has 3 aromatic heterocycles. The van der Waals surface area contributed by atoms with E-state index in [9.17, 15) is 0 Å². The molecule has 0 saturated carbocycles. The van der Waals surface area contributed by atoms with Crippen molar-refractivity contribution >= 4 is 85.6 Å². The second-order valence-corrected chi connectivity index (χ2v) is 17.0. The SMILES string of the molecule is c1ccc(-c2ccc(-c3nc(-c4ccccc4)nc(-n4c5c(-c6ccc7sc8ccc9ccccc9c8c7c6)cccc5c5c6ccccc6c6ccccc6c54)n3)cc2)cc1. The van der Waals surface area contributed by atoms with Gasteiger partial charge in [-0.05, 0) is 61.8 Å². The number of nitrogens with zero attached hydrogens (tertiary/aromatic N) is 4. The van der Waals surface area contributed by atoms with Gasteiger partial charge in [0.2, 0.25) is 5.95 Å². The van der Waals surface area contributed by atoms with E-state index in [-0.39, 0.29) is 0 Å². The summed E-state index contributed by atoms with van der Waals surface area (Å²) in [6.07, 6.45) is 0. The standard InChI is InChI=1S/C57H34N4S/c1-3-14-35(15-4-1)36-26-28-39(29-27-36)56-58-55(38-17-5-2-6-18-38)59-57(60-56)61-53-42(40-31-32-49-48(34-40)51-41-19-8-7-16-37(41)30-33-50(51)62-49)24-13-25-47(53)52-45-22-11-9-20-43(45)44-21-10-12-23-46(44)54(52)61/h1-34H. The predicted molar refractivity (Wildman–Crippen MR) is 261 cm³/mol. The molecule has 13 rings (SSSR count). The normalized spacial score (nSPS) is 11.9. The van der Waals surface area contributed by atoms with Crippen molar-refractivity contribution in [2.45, 2.75) is 0 Å². The van der Waals surface area contributed by atoms with Crippen LogP contribution >= 0.6 is 11.3 Å². The van der Waals surface area contributed by atoms with Crippen molar-refractivity contribution in [2.24, 2.45) is 0 Å². The van der Waals surface area contributed by atoms with Crippen LogP contribution in [0.5, 0.6) is 0 Å². The maximum absolute atomic E-state index is 5.46. The third-order valence-electron chi connectivity index (χ3n) is 12.4. The van der Waals surface area contributed by atoms with E-state index in [1.54, 1.807) is 0 Å². The molecule has 5 heteroatoms. The van der Waals surface area contributed by atoms with Crippen molar-refractivity contribution in [1.29, 1.82) is 0 Å². The van der Waals surface area contributed by atoms with Gasteiger partial charge >= 0.3 is 0 Å². The van der Waals surface area contributed by atoms with E-state index in [0.29, 0.717) is 17.6 Å². The zero-order valence-corrected chi connectivity index (χ0v) is 34.1. The first-order valence-corrected chi connectivity index (χ1v) is 21.8. The van der Waals surface area contributed by atoms with E-state index in [1.807, 2.05) is 35.6 Å². The lowest BCUT2D eigenvalue weighted by Gasteiger charge is -2.14. The molecule has 0 radical (unpaired) electrons. The van der Waals surface area contributed by atoms with Crippen LogP contribution in [0.2, 0.25) is 0 Å². The number of hydrogen-bond donors (Lipinski definition) is 0. The zero-order valence-electron chi connectivity index (χ0n) is 33.3. The molecule has 0 saturated heterocycles. The van der Waals surface area contributed by atoms with Crippen LogP contribution in [0, 0.1) is 0 Å². The summed E-state index contributed by atoms with van der Waals surface area (Å²) in [4.78, 5) is 16.1. The minimum Gasteiger partial charge on any atom is -0.277 e. The average molecular weight is 807 g/mol. The Hall–Kier alpha value is -7.99. The summed E-state index contributed by atoms with van der Waals surface area (Å²) in [5.41, 5.74) is 8.54. The van der Waals surface area contributed by atoms with Gasteiger partial charge in [-0.25, -0.2) is 4.98 Å². The summed E-state index contributed by atoms with van der Waals surface area (Å²) in [6.45, 7) is 0. The maximum atomic E-state index is 5.46. The van der Waals surface area contributed by atoms with Crippen LogP contribution in [-0.4, -0.2) is 19.5 Å². The van der Waals surface area contributed by atoms with Crippen LogP contribution < -0.4 is 0 Å². The molecule has 0 aliphatic rings. The van der Waals surface area contributed by atoms with Crippen molar-refractivity contribution in [3.63, 3.8) is 0 Å². The average Bonchev–Trinajstić information content (AvgIpc) is 3.91. The van der Waals surface area contributed by atoms with E-state index in [4.69, 9.17) is 15.0 Å². The predicted octanol–water partition coefficient (Wildman–Crippen LogP) is 15.5. The Labute approximate surface area is 360 Å². The summed E-state index contributed by atoms with van der Waals surface area (Å²) in [7, 11) is 0. The molecule has 0 N–H and O–H groups in total. The Morgan fingerprint density at radius 1 is 0.323 bits per heavy atom. The molecule has 0 bridgehead atoms. The summed E-state index contributed by atoms with van der Waals surface area (Å²) in [5.74, 6) is 1.80. The molecule has 0 amide bonds. The number of benzene rings is 10. The lowest BCUT2D eigenvalue weighted by atomic mass is 9.95. The fourth-order valence-electron chi connectivity index (χ4n) is 9.63. The lowest BCUT2D eigenvalue weighted by molar-refractivity contribution is 0.955. The first kappa shape index (κ1) is 34.8. The van der Waals surface area contributed by atoms with Gasteiger partial charge in [-0.15, -0.1) is 11.3 Å². The van der Waals surface area contributed by atoms with Gasteiger partial charge in [0.25, 0.3) is 0 Å². The molecular weight excluding hydrogens is 773 g/mol. The maximum Gasteiger partial charge on any atom is 0.238 e. The van der Waals surface area contributed by atoms with Crippen molar-refractivity contribution < 1.29 is 0 Å². The molecule has 288 valence electrons. The van der Waals surface area contributed by atoms with Crippen molar-refractivity contribution in [2.75, 3.05) is 0 Å². The highest BCUT2D eigenvalue weighted by Crippen LogP contribution is 2.46.